The Kier molecular flexibility index (Phi) is 4.85. The lowest BCUT2D eigenvalue weighted by molar-refractivity contribution is -0.140. The molecule has 4 unspecified atom stereocenters. The molecule has 3 rings (SSSR count). The number of hydrogen-bond donors (Lipinski definition) is 0. The molecule has 0 saturated heterocycles. The number of esters is 1. The lowest BCUT2D eigenvalue weighted by Crippen LogP contribution is -2.25. The highest BCUT2D eigenvalue weighted by molar-refractivity contribution is 5.76. The lowest BCUT2D eigenvalue weighted by atomic mass is 9.89. The predicted octanol–water partition coefficient (Wildman–Crippen LogP) is 5.32. The Morgan fingerprint density at radius 2 is 2.14 bits per heavy atom. The molecule has 2 aliphatic carbocycles. The topological polar surface area (TPSA) is 26.3 Å². The highest BCUT2D eigenvalue weighted by atomic mass is 16.5. The molecule has 0 amide bonds. The number of carbonyl (C=O) groups excluding carboxylic acids is 1. The molecular weight excluding hydrogens is 272 g/mol. The van der Waals surface area contributed by atoms with Crippen LogP contribution >= 0.6 is 0 Å². The maximum atomic E-state index is 12.5. The van der Waals surface area contributed by atoms with Crippen LogP contribution in [0.4, 0.5) is 0 Å². The number of fused-ring (bicyclic) bond motifs is 2. The van der Waals surface area contributed by atoms with Gasteiger partial charge in [0.2, 0.25) is 0 Å². The van der Waals surface area contributed by atoms with Crippen molar-refractivity contribution in [3.05, 3.63) is 29.8 Å². The van der Waals surface area contributed by atoms with E-state index in [4.69, 9.17) is 4.74 Å². The minimum absolute atomic E-state index is 0.00731. The first kappa shape index (κ1) is 15.6. The van der Waals surface area contributed by atoms with Crippen LogP contribution < -0.4 is 4.74 Å². The van der Waals surface area contributed by atoms with Gasteiger partial charge in [0, 0.05) is 0 Å². The summed E-state index contributed by atoms with van der Waals surface area (Å²) in [5, 5.41) is 0. The van der Waals surface area contributed by atoms with Crippen LogP contribution in [-0.4, -0.2) is 5.97 Å². The molecule has 2 bridgehead atoms. The molecular formula is C20H28O2. The van der Waals surface area contributed by atoms with Crippen molar-refractivity contribution in [2.45, 2.75) is 64.7 Å². The van der Waals surface area contributed by atoms with Crippen LogP contribution in [0, 0.1) is 17.8 Å². The second-order valence-electron chi connectivity index (χ2n) is 7.17. The van der Waals surface area contributed by atoms with E-state index in [0.717, 1.165) is 24.5 Å². The molecule has 0 N–H and O–H groups in total. The average molecular weight is 300 g/mol. The molecule has 2 nitrogen and oxygen atoms in total. The van der Waals surface area contributed by atoms with E-state index in [9.17, 15) is 4.79 Å². The van der Waals surface area contributed by atoms with E-state index in [2.05, 4.69) is 26.0 Å². The third kappa shape index (κ3) is 3.21. The van der Waals surface area contributed by atoms with Gasteiger partial charge < -0.3 is 4.74 Å². The van der Waals surface area contributed by atoms with Gasteiger partial charge in [-0.3, -0.25) is 4.79 Å². The quantitative estimate of drug-likeness (QED) is 0.525. The van der Waals surface area contributed by atoms with E-state index in [1.807, 2.05) is 12.1 Å². The SMILES string of the molecule is CCCC(CC)c1cccc(OC(=O)C2CC3CCC2C3)c1. The zero-order valence-corrected chi connectivity index (χ0v) is 13.9. The first-order valence-electron chi connectivity index (χ1n) is 9.02. The van der Waals surface area contributed by atoms with Gasteiger partial charge in [0.1, 0.15) is 5.75 Å². The van der Waals surface area contributed by atoms with Crippen LogP contribution in [-0.2, 0) is 4.79 Å². The summed E-state index contributed by atoms with van der Waals surface area (Å²) in [5.41, 5.74) is 1.31. The predicted molar refractivity (Wildman–Crippen MR) is 89.0 cm³/mol. The van der Waals surface area contributed by atoms with Crippen molar-refractivity contribution in [2.24, 2.45) is 17.8 Å². The number of carbonyl (C=O) groups is 1. The number of benzene rings is 1. The second kappa shape index (κ2) is 6.85. The van der Waals surface area contributed by atoms with Crippen LogP contribution in [0.25, 0.3) is 0 Å². The number of hydrogen-bond acceptors (Lipinski definition) is 2. The van der Waals surface area contributed by atoms with Gasteiger partial charge in [0.15, 0.2) is 0 Å². The minimum atomic E-state index is 0.00731. The Bertz CT molecular complexity index is 522. The Balaban J connectivity index is 1.66. The summed E-state index contributed by atoms with van der Waals surface area (Å²) in [5.74, 6) is 2.84. The Morgan fingerprint density at radius 3 is 2.77 bits per heavy atom. The summed E-state index contributed by atoms with van der Waals surface area (Å²) in [7, 11) is 0. The van der Waals surface area contributed by atoms with Crippen molar-refractivity contribution in [1.82, 2.24) is 0 Å². The van der Waals surface area contributed by atoms with Crippen LogP contribution in [0.2, 0.25) is 0 Å². The maximum absolute atomic E-state index is 12.5. The normalized spacial score (nSPS) is 27.8. The van der Waals surface area contributed by atoms with E-state index in [-0.39, 0.29) is 11.9 Å². The molecule has 2 fully saturated rings. The molecule has 2 aliphatic rings. The van der Waals surface area contributed by atoms with Crippen molar-refractivity contribution in [3.8, 4) is 5.75 Å². The summed E-state index contributed by atoms with van der Waals surface area (Å²) < 4.78 is 5.73. The van der Waals surface area contributed by atoms with Crippen LogP contribution in [0.15, 0.2) is 24.3 Å². The molecule has 4 atom stereocenters. The van der Waals surface area contributed by atoms with E-state index < -0.39 is 0 Å². The second-order valence-corrected chi connectivity index (χ2v) is 7.17. The zero-order chi connectivity index (χ0) is 15.5. The van der Waals surface area contributed by atoms with Gasteiger partial charge in [-0.2, -0.15) is 0 Å². The van der Waals surface area contributed by atoms with Crippen molar-refractivity contribution >= 4 is 5.97 Å². The largest absolute Gasteiger partial charge is 0.426 e. The molecule has 0 radical (unpaired) electrons. The molecule has 0 aliphatic heterocycles. The molecule has 1 aromatic rings. The first-order chi connectivity index (χ1) is 10.7. The lowest BCUT2D eigenvalue weighted by Gasteiger charge is -2.20. The van der Waals surface area contributed by atoms with Gasteiger partial charge in [-0.1, -0.05) is 38.8 Å². The molecule has 2 saturated carbocycles. The molecule has 0 spiro atoms. The number of ether oxygens (including phenoxy) is 1. The fourth-order valence-corrected chi connectivity index (χ4v) is 4.51. The van der Waals surface area contributed by atoms with Gasteiger partial charge in [0.25, 0.3) is 0 Å². The molecule has 2 heteroatoms. The summed E-state index contributed by atoms with van der Waals surface area (Å²) >= 11 is 0. The Labute approximate surface area is 134 Å². The van der Waals surface area contributed by atoms with Gasteiger partial charge in [-0.05, 0) is 67.6 Å². The van der Waals surface area contributed by atoms with E-state index in [0.29, 0.717) is 11.8 Å². The highest BCUT2D eigenvalue weighted by Crippen LogP contribution is 2.48. The van der Waals surface area contributed by atoms with Crippen LogP contribution in [0.5, 0.6) is 5.75 Å². The van der Waals surface area contributed by atoms with Gasteiger partial charge in [-0.15, -0.1) is 0 Å². The highest BCUT2D eigenvalue weighted by Gasteiger charge is 2.44. The maximum Gasteiger partial charge on any atom is 0.314 e. The third-order valence-corrected chi connectivity index (χ3v) is 5.72. The van der Waals surface area contributed by atoms with E-state index >= 15 is 0 Å². The average Bonchev–Trinajstić information content (AvgIpc) is 3.16. The Morgan fingerprint density at radius 1 is 1.27 bits per heavy atom. The summed E-state index contributed by atoms with van der Waals surface area (Å²) in [6.07, 6.45) is 8.36. The monoisotopic (exact) mass is 300 g/mol. The summed E-state index contributed by atoms with van der Waals surface area (Å²) in [6, 6.07) is 8.19. The number of rotatable bonds is 6. The van der Waals surface area contributed by atoms with Crippen molar-refractivity contribution in [3.63, 3.8) is 0 Å². The van der Waals surface area contributed by atoms with Gasteiger partial charge >= 0.3 is 5.97 Å². The van der Waals surface area contributed by atoms with Crippen LogP contribution in [0.1, 0.15) is 70.3 Å². The minimum Gasteiger partial charge on any atom is -0.426 e. The molecule has 120 valence electrons. The van der Waals surface area contributed by atoms with Crippen molar-refractivity contribution in [2.75, 3.05) is 0 Å². The summed E-state index contributed by atoms with van der Waals surface area (Å²) in [4.78, 5) is 12.5. The Hall–Kier alpha value is -1.31. The molecule has 0 heterocycles. The van der Waals surface area contributed by atoms with E-state index in [1.54, 1.807) is 0 Å². The van der Waals surface area contributed by atoms with Gasteiger partial charge in [-0.25, -0.2) is 0 Å². The van der Waals surface area contributed by atoms with Gasteiger partial charge in [0.05, 0.1) is 5.92 Å². The van der Waals surface area contributed by atoms with Crippen LogP contribution in [0.3, 0.4) is 0 Å². The smallest absolute Gasteiger partial charge is 0.314 e. The third-order valence-electron chi connectivity index (χ3n) is 5.72. The van der Waals surface area contributed by atoms with Crippen molar-refractivity contribution in [1.29, 1.82) is 0 Å². The summed E-state index contributed by atoms with van der Waals surface area (Å²) in [6.45, 7) is 4.45. The zero-order valence-electron chi connectivity index (χ0n) is 13.9. The standard InChI is InChI=1S/C20H28O2/c1-3-6-15(4-2)16-7-5-8-18(13-16)22-20(21)19-12-14-9-10-17(19)11-14/h5,7-8,13-15,17,19H,3-4,6,9-12H2,1-2H3. The van der Waals surface area contributed by atoms with E-state index in [1.165, 1.54) is 37.7 Å². The fourth-order valence-electron chi connectivity index (χ4n) is 4.51. The molecule has 22 heavy (non-hydrogen) atoms. The first-order valence-corrected chi connectivity index (χ1v) is 9.02. The fraction of sp³-hybridized carbons (Fsp3) is 0.650. The molecule has 0 aromatic heterocycles. The molecule has 1 aromatic carbocycles. The van der Waals surface area contributed by atoms with Crippen molar-refractivity contribution < 1.29 is 9.53 Å².